The molecule has 1 aliphatic rings. The van der Waals surface area contributed by atoms with E-state index in [-0.39, 0.29) is 18.9 Å². The molecule has 0 aromatic rings. The summed E-state index contributed by atoms with van der Waals surface area (Å²) >= 11 is 0. The molecule has 12 heteroatoms. The Morgan fingerprint density at radius 1 is 1.12 bits per heavy atom. The first-order chi connectivity index (χ1) is 11.3. The summed E-state index contributed by atoms with van der Waals surface area (Å²) < 4.78 is 90.7. The summed E-state index contributed by atoms with van der Waals surface area (Å²) in [6, 6.07) is 0. The van der Waals surface area contributed by atoms with E-state index in [9.17, 15) is 35.6 Å². The van der Waals surface area contributed by atoms with Gasteiger partial charge in [-0.1, -0.05) is 0 Å². The molecular weight excluding hydrogens is 376 g/mol. The van der Waals surface area contributed by atoms with E-state index in [4.69, 9.17) is 9.29 Å². The minimum Gasteiger partial charge on any atom is -0.465 e. The lowest BCUT2D eigenvalue weighted by molar-refractivity contribution is -0.176. The zero-order valence-electron chi connectivity index (χ0n) is 13.2. The van der Waals surface area contributed by atoms with E-state index in [1.807, 2.05) is 0 Å². The third-order valence-electron chi connectivity index (χ3n) is 3.75. The van der Waals surface area contributed by atoms with Crippen molar-refractivity contribution in [3.8, 4) is 0 Å². The molecule has 1 saturated carbocycles. The molecule has 1 N–H and O–H groups in total. The van der Waals surface area contributed by atoms with Gasteiger partial charge in [0.1, 0.15) is 6.10 Å². The fourth-order valence-electron chi connectivity index (χ4n) is 2.38. The van der Waals surface area contributed by atoms with Crippen LogP contribution in [0.3, 0.4) is 0 Å². The maximum atomic E-state index is 13.2. The summed E-state index contributed by atoms with van der Waals surface area (Å²) in [7, 11) is -6.31. The van der Waals surface area contributed by atoms with Gasteiger partial charge in [0.25, 0.3) is 0 Å². The molecule has 0 heterocycles. The van der Waals surface area contributed by atoms with E-state index in [1.165, 1.54) is 6.92 Å². The van der Waals surface area contributed by atoms with Crippen LogP contribution in [0.25, 0.3) is 0 Å². The minimum absolute atomic E-state index is 0.272. The standard InChI is InChI=1S/C13H18F4O7S/c1-8(18)24-10-4-2-9(3-5-10)11(19)23-7-6-12(14,15)13(16,17)25(20,21)22/h9-10H,2-7H2,1H3,(H,20,21,22). The molecule has 0 saturated heterocycles. The first kappa shape index (κ1) is 21.6. The third kappa shape index (κ3) is 5.53. The van der Waals surface area contributed by atoms with Gasteiger partial charge in [-0.05, 0) is 25.7 Å². The van der Waals surface area contributed by atoms with Gasteiger partial charge < -0.3 is 9.47 Å². The molecule has 0 unspecified atom stereocenters. The first-order valence-electron chi connectivity index (χ1n) is 7.34. The Morgan fingerprint density at radius 3 is 2.08 bits per heavy atom. The molecule has 0 spiro atoms. The number of halogens is 4. The Balaban J connectivity index is 2.46. The Kier molecular flexibility index (Phi) is 6.79. The molecule has 1 aliphatic carbocycles. The zero-order chi connectivity index (χ0) is 19.5. The fraction of sp³-hybridized carbons (Fsp3) is 0.846. The number of ether oxygens (including phenoxy) is 2. The summed E-state index contributed by atoms with van der Waals surface area (Å²) in [5.41, 5.74) is 0. The van der Waals surface area contributed by atoms with E-state index in [0.717, 1.165) is 0 Å². The van der Waals surface area contributed by atoms with E-state index >= 15 is 0 Å². The van der Waals surface area contributed by atoms with Gasteiger partial charge in [0.05, 0.1) is 18.9 Å². The number of carbonyl (C=O) groups is 2. The van der Waals surface area contributed by atoms with Crippen LogP contribution in [-0.4, -0.2) is 48.8 Å². The molecule has 0 aromatic heterocycles. The monoisotopic (exact) mass is 394 g/mol. The minimum atomic E-state index is -6.31. The van der Waals surface area contributed by atoms with E-state index in [1.54, 1.807) is 0 Å². The van der Waals surface area contributed by atoms with Gasteiger partial charge in [0.15, 0.2) is 0 Å². The fourth-order valence-corrected chi connectivity index (χ4v) is 2.86. The number of esters is 2. The number of hydrogen-bond acceptors (Lipinski definition) is 6. The number of carbonyl (C=O) groups excluding carboxylic acids is 2. The average Bonchev–Trinajstić information content (AvgIpc) is 2.45. The second kappa shape index (κ2) is 7.85. The molecule has 0 radical (unpaired) electrons. The predicted octanol–water partition coefficient (Wildman–Crippen LogP) is 2.16. The quantitative estimate of drug-likeness (QED) is 0.401. The molecule has 0 aliphatic heterocycles. The molecule has 146 valence electrons. The van der Waals surface area contributed by atoms with Crippen molar-refractivity contribution in [1.82, 2.24) is 0 Å². The summed E-state index contributed by atoms with van der Waals surface area (Å²) in [6.45, 7) is 0.101. The highest BCUT2D eigenvalue weighted by Crippen LogP contribution is 2.40. The van der Waals surface area contributed by atoms with Gasteiger partial charge in [-0.3, -0.25) is 14.1 Å². The van der Waals surface area contributed by atoms with Crippen molar-refractivity contribution in [1.29, 1.82) is 0 Å². The molecule has 0 atom stereocenters. The van der Waals surface area contributed by atoms with Crippen molar-refractivity contribution >= 4 is 22.1 Å². The molecular formula is C13H18F4O7S. The van der Waals surface area contributed by atoms with E-state index in [2.05, 4.69) is 4.74 Å². The summed E-state index contributed by atoms with van der Waals surface area (Å²) in [5, 5.41) is -5.69. The summed E-state index contributed by atoms with van der Waals surface area (Å²) in [6.07, 6.45) is -0.830. The Hall–Kier alpha value is -1.43. The maximum absolute atomic E-state index is 13.2. The highest BCUT2D eigenvalue weighted by molar-refractivity contribution is 7.87. The highest BCUT2D eigenvalue weighted by Gasteiger charge is 2.65. The third-order valence-corrected chi connectivity index (χ3v) is 4.70. The average molecular weight is 394 g/mol. The van der Waals surface area contributed by atoms with Crippen molar-refractivity contribution in [2.75, 3.05) is 6.61 Å². The topological polar surface area (TPSA) is 107 Å². The molecule has 25 heavy (non-hydrogen) atoms. The second-order valence-corrected chi connectivity index (χ2v) is 7.16. The number of rotatable bonds is 7. The lowest BCUT2D eigenvalue weighted by Gasteiger charge is -2.27. The van der Waals surface area contributed by atoms with Crippen LogP contribution in [0.4, 0.5) is 17.6 Å². The van der Waals surface area contributed by atoms with Crippen molar-refractivity contribution in [3.63, 3.8) is 0 Å². The summed E-state index contributed by atoms with van der Waals surface area (Å²) in [4.78, 5) is 22.5. The Bertz CT molecular complexity index is 597. The predicted molar refractivity (Wildman–Crippen MR) is 74.5 cm³/mol. The smallest absolute Gasteiger partial charge is 0.431 e. The van der Waals surface area contributed by atoms with E-state index in [0.29, 0.717) is 12.8 Å². The van der Waals surface area contributed by atoms with Crippen molar-refractivity contribution in [2.24, 2.45) is 5.92 Å². The van der Waals surface area contributed by atoms with Crippen LogP contribution < -0.4 is 0 Å². The second-order valence-electron chi connectivity index (χ2n) is 5.70. The highest BCUT2D eigenvalue weighted by atomic mass is 32.2. The molecule has 7 nitrogen and oxygen atoms in total. The molecule has 0 amide bonds. The molecule has 0 bridgehead atoms. The SMILES string of the molecule is CC(=O)OC1CCC(C(=O)OCCC(F)(F)C(F)(F)S(=O)(=O)O)CC1. The van der Waals surface area contributed by atoms with E-state index < -0.39 is 52.2 Å². The lowest BCUT2D eigenvalue weighted by atomic mass is 9.87. The van der Waals surface area contributed by atoms with Crippen molar-refractivity contribution < 1.29 is 49.6 Å². The molecule has 1 fully saturated rings. The Morgan fingerprint density at radius 2 is 1.64 bits per heavy atom. The van der Waals surface area contributed by atoms with Crippen LogP contribution >= 0.6 is 0 Å². The van der Waals surface area contributed by atoms with Gasteiger partial charge in [-0.2, -0.15) is 26.0 Å². The van der Waals surface area contributed by atoms with Gasteiger partial charge in [-0.25, -0.2) is 0 Å². The maximum Gasteiger partial charge on any atom is 0.431 e. The van der Waals surface area contributed by atoms with Crippen LogP contribution in [0.15, 0.2) is 0 Å². The summed E-state index contributed by atoms with van der Waals surface area (Å²) in [5.74, 6) is -7.10. The van der Waals surface area contributed by atoms with Gasteiger partial charge >= 0.3 is 33.2 Å². The number of hydrogen-bond donors (Lipinski definition) is 1. The molecule has 0 aromatic carbocycles. The van der Waals surface area contributed by atoms with Crippen LogP contribution in [-0.2, 0) is 29.2 Å². The van der Waals surface area contributed by atoms with Gasteiger partial charge in [0.2, 0.25) is 0 Å². The zero-order valence-corrected chi connectivity index (χ0v) is 14.0. The largest absolute Gasteiger partial charge is 0.465 e. The van der Waals surface area contributed by atoms with Crippen molar-refractivity contribution in [3.05, 3.63) is 0 Å². The van der Waals surface area contributed by atoms with Gasteiger partial charge in [-0.15, -0.1) is 0 Å². The van der Waals surface area contributed by atoms with Gasteiger partial charge in [0, 0.05) is 6.92 Å². The first-order valence-corrected chi connectivity index (χ1v) is 8.78. The van der Waals surface area contributed by atoms with Crippen LogP contribution in [0.5, 0.6) is 0 Å². The van der Waals surface area contributed by atoms with Crippen LogP contribution in [0, 0.1) is 5.92 Å². The van der Waals surface area contributed by atoms with Crippen LogP contribution in [0.2, 0.25) is 0 Å². The number of alkyl halides is 4. The molecule has 1 rings (SSSR count). The Labute approximate surface area is 141 Å². The lowest BCUT2D eigenvalue weighted by Crippen LogP contribution is -2.47. The van der Waals surface area contributed by atoms with Crippen molar-refractivity contribution in [2.45, 2.75) is 56.3 Å². The van der Waals surface area contributed by atoms with Crippen LogP contribution in [0.1, 0.15) is 39.0 Å². The normalized spacial score (nSPS) is 22.3.